The zero-order valence-corrected chi connectivity index (χ0v) is 15.2. The molecule has 2 aromatic carbocycles. The van der Waals surface area contributed by atoms with Gasteiger partial charge in [-0.1, -0.05) is 30.3 Å². The first-order valence-corrected chi connectivity index (χ1v) is 9.92. The molecule has 0 heterocycles. The normalized spacial score (nSPS) is 10.8. The van der Waals surface area contributed by atoms with Gasteiger partial charge >= 0.3 is 0 Å². The number of rotatable bonds is 7. The highest BCUT2D eigenvalue weighted by Gasteiger charge is 2.14. The predicted molar refractivity (Wildman–Crippen MR) is 102 cm³/mol. The van der Waals surface area contributed by atoms with Crippen molar-refractivity contribution < 1.29 is 18.0 Å². The lowest BCUT2D eigenvalue weighted by Gasteiger charge is -2.11. The van der Waals surface area contributed by atoms with Crippen molar-refractivity contribution in [3.63, 3.8) is 0 Å². The molecule has 0 spiro atoms. The summed E-state index contributed by atoms with van der Waals surface area (Å²) in [6, 6.07) is 13.0. The smallest absolute Gasteiger partial charge is 0.255 e. The fourth-order valence-corrected chi connectivity index (χ4v) is 3.10. The van der Waals surface area contributed by atoms with Crippen molar-refractivity contribution in [3.05, 3.63) is 77.9 Å². The number of anilines is 1. The Kier molecular flexibility index (Phi) is 6.30. The number of amides is 2. The number of benzene rings is 2. The maximum absolute atomic E-state index is 12.4. The first-order chi connectivity index (χ1) is 12.3. The van der Waals surface area contributed by atoms with Crippen LogP contribution >= 0.6 is 0 Å². The number of hydrogen-bond donors (Lipinski definition) is 2. The molecule has 26 heavy (non-hydrogen) atoms. The van der Waals surface area contributed by atoms with Crippen LogP contribution in [0.1, 0.15) is 26.3 Å². The second-order valence-electron chi connectivity index (χ2n) is 5.77. The monoisotopic (exact) mass is 372 g/mol. The number of para-hydroxylation sites is 1. The zero-order chi connectivity index (χ0) is 19.2. The van der Waals surface area contributed by atoms with Crippen LogP contribution in [0.3, 0.4) is 0 Å². The Labute approximate surface area is 152 Å². The van der Waals surface area contributed by atoms with Crippen LogP contribution in [0.4, 0.5) is 5.69 Å². The van der Waals surface area contributed by atoms with Gasteiger partial charge in [-0.15, -0.1) is 6.58 Å². The minimum atomic E-state index is -3.13. The van der Waals surface area contributed by atoms with Gasteiger partial charge in [0.2, 0.25) is 0 Å². The molecule has 0 aromatic heterocycles. The van der Waals surface area contributed by atoms with E-state index in [1.165, 1.54) is 0 Å². The quantitative estimate of drug-likeness (QED) is 0.730. The Bertz CT molecular complexity index is 919. The van der Waals surface area contributed by atoms with E-state index >= 15 is 0 Å². The van der Waals surface area contributed by atoms with Gasteiger partial charge in [0.15, 0.2) is 9.84 Å². The molecule has 2 N–H and O–H groups in total. The predicted octanol–water partition coefficient (Wildman–Crippen LogP) is 2.40. The molecule has 0 fully saturated rings. The molecule has 0 saturated carbocycles. The fraction of sp³-hybridized carbons (Fsp3) is 0.158. The topological polar surface area (TPSA) is 92.3 Å². The fourth-order valence-electron chi connectivity index (χ4n) is 2.30. The minimum Gasteiger partial charge on any atom is -0.349 e. The van der Waals surface area contributed by atoms with Crippen LogP contribution in [0.25, 0.3) is 0 Å². The minimum absolute atomic E-state index is 0.0821. The maximum atomic E-state index is 12.4. The van der Waals surface area contributed by atoms with Crippen LogP contribution in [0.5, 0.6) is 0 Å². The summed E-state index contributed by atoms with van der Waals surface area (Å²) in [4.78, 5) is 24.6. The summed E-state index contributed by atoms with van der Waals surface area (Å²) in [5, 5.41) is 5.37. The van der Waals surface area contributed by atoms with Gasteiger partial charge in [-0.3, -0.25) is 9.59 Å². The van der Waals surface area contributed by atoms with E-state index in [0.717, 1.165) is 6.26 Å². The van der Waals surface area contributed by atoms with Crippen LogP contribution in [0.15, 0.2) is 61.2 Å². The lowest BCUT2D eigenvalue weighted by molar-refractivity contribution is 0.0959. The van der Waals surface area contributed by atoms with Crippen molar-refractivity contribution >= 4 is 27.3 Å². The van der Waals surface area contributed by atoms with Gasteiger partial charge in [0.05, 0.1) is 17.0 Å². The van der Waals surface area contributed by atoms with E-state index in [-0.39, 0.29) is 17.6 Å². The third-order valence-electron chi connectivity index (χ3n) is 3.47. The molecule has 0 saturated heterocycles. The third-order valence-corrected chi connectivity index (χ3v) is 4.33. The average molecular weight is 372 g/mol. The zero-order valence-electron chi connectivity index (χ0n) is 14.4. The number of carbonyl (C=O) groups is 2. The van der Waals surface area contributed by atoms with Crippen LogP contribution in [-0.2, 0) is 15.6 Å². The third kappa shape index (κ3) is 5.56. The number of carbonyl (C=O) groups excluding carboxylic acids is 2. The van der Waals surface area contributed by atoms with Gasteiger partial charge in [-0.25, -0.2) is 8.42 Å². The van der Waals surface area contributed by atoms with Crippen LogP contribution in [0.2, 0.25) is 0 Å². The molecule has 0 atom stereocenters. The molecular formula is C19H20N2O4S. The summed E-state index contributed by atoms with van der Waals surface area (Å²) in [5.41, 5.74) is 1.70. The van der Waals surface area contributed by atoms with Crippen molar-refractivity contribution in [2.45, 2.75) is 5.75 Å². The number of nitrogens with one attached hydrogen (secondary N) is 2. The number of sulfone groups is 1. The van der Waals surface area contributed by atoms with Crippen molar-refractivity contribution in [1.82, 2.24) is 5.32 Å². The van der Waals surface area contributed by atoms with E-state index in [1.54, 1.807) is 54.6 Å². The molecule has 2 amide bonds. The first kappa shape index (κ1) is 19.4. The molecule has 0 radical (unpaired) electrons. The van der Waals surface area contributed by atoms with E-state index in [0.29, 0.717) is 28.9 Å². The summed E-state index contributed by atoms with van der Waals surface area (Å²) in [7, 11) is -3.13. The Morgan fingerprint density at radius 1 is 1.04 bits per heavy atom. The molecule has 2 aromatic rings. The van der Waals surface area contributed by atoms with Crippen molar-refractivity contribution in [3.8, 4) is 0 Å². The summed E-state index contributed by atoms with van der Waals surface area (Å²) in [5.74, 6) is -0.787. The summed E-state index contributed by atoms with van der Waals surface area (Å²) < 4.78 is 22.6. The summed E-state index contributed by atoms with van der Waals surface area (Å²) in [6.07, 6.45) is 2.72. The van der Waals surface area contributed by atoms with Gasteiger partial charge in [0, 0.05) is 18.4 Å². The van der Waals surface area contributed by atoms with E-state index in [4.69, 9.17) is 0 Å². The van der Waals surface area contributed by atoms with Gasteiger partial charge in [-0.2, -0.15) is 0 Å². The molecule has 6 nitrogen and oxygen atoms in total. The number of hydrogen-bond acceptors (Lipinski definition) is 4. The SMILES string of the molecule is C=CCNC(=O)c1ccccc1NC(=O)c1ccc(CS(C)(=O)=O)cc1. The second-order valence-corrected chi connectivity index (χ2v) is 7.91. The molecule has 0 aliphatic heterocycles. The molecule has 0 aliphatic rings. The summed E-state index contributed by atoms with van der Waals surface area (Å²) >= 11 is 0. The standard InChI is InChI=1S/C19H20N2O4S/c1-3-12-20-19(23)16-6-4-5-7-17(16)21-18(22)15-10-8-14(9-11-15)13-26(2,24)25/h3-11H,1,12-13H2,2H3,(H,20,23)(H,21,22). The molecule has 0 bridgehead atoms. The van der Waals surface area contributed by atoms with E-state index in [9.17, 15) is 18.0 Å². The highest BCUT2D eigenvalue weighted by Crippen LogP contribution is 2.17. The van der Waals surface area contributed by atoms with E-state index in [1.807, 2.05) is 0 Å². The molecule has 2 rings (SSSR count). The van der Waals surface area contributed by atoms with Gasteiger partial charge in [0.1, 0.15) is 0 Å². The van der Waals surface area contributed by atoms with E-state index < -0.39 is 9.84 Å². The van der Waals surface area contributed by atoms with Crippen molar-refractivity contribution in [2.75, 3.05) is 18.1 Å². The summed E-state index contributed by atoms with van der Waals surface area (Å²) in [6.45, 7) is 3.87. The molecule has 0 unspecified atom stereocenters. The Hall–Kier alpha value is -2.93. The highest BCUT2D eigenvalue weighted by atomic mass is 32.2. The Morgan fingerprint density at radius 2 is 1.69 bits per heavy atom. The van der Waals surface area contributed by atoms with Gasteiger partial charge in [0.25, 0.3) is 11.8 Å². The molecule has 7 heteroatoms. The average Bonchev–Trinajstić information content (AvgIpc) is 2.59. The Balaban J connectivity index is 2.15. The van der Waals surface area contributed by atoms with Gasteiger partial charge < -0.3 is 10.6 Å². The molecule has 136 valence electrons. The van der Waals surface area contributed by atoms with E-state index in [2.05, 4.69) is 17.2 Å². The highest BCUT2D eigenvalue weighted by molar-refractivity contribution is 7.89. The van der Waals surface area contributed by atoms with Crippen LogP contribution in [-0.4, -0.2) is 33.0 Å². The van der Waals surface area contributed by atoms with Gasteiger partial charge in [-0.05, 0) is 29.8 Å². The maximum Gasteiger partial charge on any atom is 0.255 e. The van der Waals surface area contributed by atoms with Crippen molar-refractivity contribution in [2.24, 2.45) is 0 Å². The van der Waals surface area contributed by atoms with Crippen LogP contribution < -0.4 is 10.6 Å². The Morgan fingerprint density at radius 3 is 2.31 bits per heavy atom. The molecular weight excluding hydrogens is 352 g/mol. The second kappa shape index (κ2) is 8.44. The lowest BCUT2D eigenvalue weighted by Crippen LogP contribution is -2.25. The lowest BCUT2D eigenvalue weighted by atomic mass is 10.1. The first-order valence-electron chi connectivity index (χ1n) is 7.86. The van der Waals surface area contributed by atoms with Crippen molar-refractivity contribution in [1.29, 1.82) is 0 Å². The largest absolute Gasteiger partial charge is 0.349 e. The molecule has 0 aliphatic carbocycles. The van der Waals surface area contributed by atoms with Crippen LogP contribution in [0, 0.1) is 0 Å².